The van der Waals surface area contributed by atoms with Gasteiger partial charge in [-0.3, -0.25) is 9.59 Å². The molecule has 0 N–H and O–H groups in total. The van der Waals surface area contributed by atoms with Crippen molar-refractivity contribution in [3.63, 3.8) is 0 Å². The molecule has 1 saturated carbocycles. The lowest BCUT2D eigenvalue weighted by Gasteiger charge is -2.22. The molecule has 4 rings (SSSR count). The van der Waals surface area contributed by atoms with Gasteiger partial charge in [0.1, 0.15) is 11.6 Å². The summed E-state index contributed by atoms with van der Waals surface area (Å²) in [5.74, 6) is 1.05. The van der Waals surface area contributed by atoms with Crippen molar-refractivity contribution >= 4 is 39.0 Å². The third-order valence-electron chi connectivity index (χ3n) is 5.27. The quantitative estimate of drug-likeness (QED) is 0.307. The lowest BCUT2D eigenvalue weighted by molar-refractivity contribution is -0.131. The molecule has 1 aliphatic carbocycles. The molecule has 0 amide bonds. The zero-order valence-electron chi connectivity index (χ0n) is 16.7. The van der Waals surface area contributed by atoms with Crippen LogP contribution >= 0.6 is 15.9 Å². The zero-order valence-corrected chi connectivity index (χ0v) is 18.3. The molecular weight excluding hydrogens is 446 g/mol. The van der Waals surface area contributed by atoms with E-state index >= 15 is 0 Å². The fraction of sp³-hybridized carbons (Fsp3) is 0.304. The summed E-state index contributed by atoms with van der Waals surface area (Å²) in [6.07, 6.45) is 7.17. The van der Waals surface area contributed by atoms with E-state index in [1.54, 1.807) is 36.5 Å². The van der Waals surface area contributed by atoms with Crippen molar-refractivity contribution < 1.29 is 9.53 Å². The number of fused-ring (bicyclic) bond motifs is 1. The number of carbonyl (C=O) groups is 1. The molecule has 30 heavy (non-hydrogen) atoms. The first-order valence-corrected chi connectivity index (χ1v) is 10.9. The SMILES string of the molecule is CC(=O)Oc1ccc(C=Nn2c(C3CCCCC3)nc3ccc(Br)cc3c2=O)cc1. The minimum absolute atomic E-state index is 0.172. The van der Waals surface area contributed by atoms with E-state index in [1.165, 1.54) is 18.0 Å². The number of hydrogen-bond acceptors (Lipinski definition) is 5. The average Bonchev–Trinajstić information content (AvgIpc) is 2.74. The standard InChI is InChI=1S/C23H22BrN3O3/c1-15(28)30-19-10-7-16(8-11-19)14-25-27-22(17-5-3-2-4-6-17)26-21-12-9-18(24)13-20(21)23(27)29/h7-14,17H,2-6H2,1H3. The molecule has 1 fully saturated rings. The number of halogens is 1. The fourth-order valence-electron chi connectivity index (χ4n) is 3.81. The second kappa shape index (κ2) is 8.92. The van der Waals surface area contributed by atoms with Gasteiger partial charge in [0.15, 0.2) is 0 Å². The first-order chi connectivity index (χ1) is 14.5. The van der Waals surface area contributed by atoms with E-state index in [9.17, 15) is 9.59 Å². The topological polar surface area (TPSA) is 73.5 Å². The van der Waals surface area contributed by atoms with Crippen LogP contribution in [0.25, 0.3) is 10.9 Å². The van der Waals surface area contributed by atoms with Gasteiger partial charge < -0.3 is 4.74 Å². The smallest absolute Gasteiger partial charge is 0.308 e. The van der Waals surface area contributed by atoms with Crippen molar-refractivity contribution in [3.05, 3.63) is 68.7 Å². The summed E-state index contributed by atoms with van der Waals surface area (Å²) in [5, 5.41) is 5.05. The summed E-state index contributed by atoms with van der Waals surface area (Å²) >= 11 is 3.44. The van der Waals surface area contributed by atoms with Crippen LogP contribution in [-0.2, 0) is 4.79 Å². The van der Waals surface area contributed by atoms with Crippen LogP contribution in [0.2, 0.25) is 0 Å². The molecular formula is C23H22BrN3O3. The van der Waals surface area contributed by atoms with Gasteiger partial charge >= 0.3 is 5.97 Å². The van der Waals surface area contributed by atoms with Gasteiger partial charge in [-0.25, -0.2) is 4.98 Å². The second-order valence-corrected chi connectivity index (χ2v) is 8.41. The van der Waals surface area contributed by atoms with Gasteiger partial charge in [0.25, 0.3) is 5.56 Å². The summed E-state index contributed by atoms with van der Waals surface area (Å²) in [6.45, 7) is 1.36. The molecule has 6 nitrogen and oxygen atoms in total. The van der Waals surface area contributed by atoms with Crippen LogP contribution in [0.1, 0.15) is 56.3 Å². The van der Waals surface area contributed by atoms with Crippen molar-refractivity contribution in [3.8, 4) is 5.75 Å². The number of rotatable bonds is 4. The third kappa shape index (κ3) is 4.51. The molecule has 0 unspecified atom stereocenters. The molecule has 0 radical (unpaired) electrons. The Balaban J connectivity index is 1.75. The first-order valence-electron chi connectivity index (χ1n) is 10.1. The molecule has 2 aromatic carbocycles. The second-order valence-electron chi connectivity index (χ2n) is 7.49. The van der Waals surface area contributed by atoms with E-state index in [-0.39, 0.29) is 17.4 Å². The maximum atomic E-state index is 13.3. The fourth-order valence-corrected chi connectivity index (χ4v) is 4.18. The van der Waals surface area contributed by atoms with E-state index < -0.39 is 0 Å². The van der Waals surface area contributed by atoms with Crippen LogP contribution in [0, 0.1) is 0 Å². The largest absolute Gasteiger partial charge is 0.427 e. The lowest BCUT2D eigenvalue weighted by Crippen LogP contribution is -2.25. The number of ether oxygens (including phenoxy) is 1. The Morgan fingerprint density at radius 2 is 1.90 bits per heavy atom. The van der Waals surface area contributed by atoms with Crippen molar-refractivity contribution in [1.29, 1.82) is 0 Å². The van der Waals surface area contributed by atoms with Gasteiger partial charge in [-0.05, 0) is 60.9 Å². The lowest BCUT2D eigenvalue weighted by atomic mass is 9.88. The monoisotopic (exact) mass is 467 g/mol. The Kier molecular flexibility index (Phi) is 6.08. The van der Waals surface area contributed by atoms with Gasteiger partial charge in [0.2, 0.25) is 0 Å². The van der Waals surface area contributed by atoms with Gasteiger partial charge in [-0.15, -0.1) is 0 Å². The summed E-state index contributed by atoms with van der Waals surface area (Å²) in [6, 6.07) is 12.5. The Bertz CT molecular complexity index is 1160. The molecule has 3 aromatic rings. The molecule has 0 atom stereocenters. The molecule has 0 bridgehead atoms. The van der Waals surface area contributed by atoms with E-state index in [4.69, 9.17) is 9.72 Å². The van der Waals surface area contributed by atoms with Gasteiger partial charge in [-0.1, -0.05) is 35.2 Å². The number of carbonyl (C=O) groups excluding carboxylic acids is 1. The molecule has 1 aliphatic rings. The Hall–Kier alpha value is -2.80. The number of nitrogens with zero attached hydrogens (tertiary/aromatic N) is 3. The van der Waals surface area contributed by atoms with E-state index in [2.05, 4.69) is 21.0 Å². The van der Waals surface area contributed by atoms with Crippen LogP contribution in [0.4, 0.5) is 0 Å². The van der Waals surface area contributed by atoms with Crippen LogP contribution in [0.15, 0.2) is 56.8 Å². The van der Waals surface area contributed by atoms with Crippen LogP contribution < -0.4 is 10.3 Å². The highest BCUT2D eigenvalue weighted by molar-refractivity contribution is 9.10. The van der Waals surface area contributed by atoms with Crippen LogP contribution in [0.3, 0.4) is 0 Å². The van der Waals surface area contributed by atoms with E-state index in [1.807, 2.05) is 12.1 Å². The van der Waals surface area contributed by atoms with Gasteiger partial charge in [0.05, 0.1) is 17.1 Å². The third-order valence-corrected chi connectivity index (χ3v) is 5.76. The van der Waals surface area contributed by atoms with Crippen molar-refractivity contribution in [1.82, 2.24) is 9.66 Å². The number of esters is 1. The average molecular weight is 468 g/mol. The van der Waals surface area contributed by atoms with Gasteiger partial charge in [-0.2, -0.15) is 9.78 Å². The Morgan fingerprint density at radius 3 is 2.60 bits per heavy atom. The maximum absolute atomic E-state index is 13.3. The summed E-state index contributed by atoms with van der Waals surface area (Å²) in [7, 11) is 0. The first kappa shape index (κ1) is 20.5. The van der Waals surface area contributed by atoms with E-state index in [0.717, 1.165) is 41.5 Å². The molecule has 0 saturated heterocycles. The predicted molar refractivity (Wildman–Crippen MR) is 120 cm³/mol. The number of aromatic nitrogens is 2. The minimum Gasteiger partial charge on any atom is -0.427 e. The minimum atomic E-state index is -0.367. The van der Waals surface area contributed by atoms with Crippen LogP contribution in [-0.4, -0.2) is 21.8 Å². The zero-order chi connectivity index (χ0) is 21.1. The summed E-state index contributed by atoms with van der Waals surface area (Å²) < 4.78 is 7.33. The highest BCUT2D eigenvalue weighted by Gasteiger charge is 2.22. The van der Waals surface area contributed by atoms with Crippen molar-refractivity contribution in [2.24, 2.45) is 5.10 Å². The summed E-state index contributed by atoms with van der Waals surface area (Å²) in [5.41, 5.74) is 1.32. The highest BCUT2D eigenvalue weighted by atomic mass is 79.9. The van der Waals surface area contributed by atoms with Crippen LogP contribution in [0.5, 0.6) is 5.75 Å². The Labute approximate surface area is 182 Å². The molecule has 154 valence electrons. The predicted octanol–water partition coefficient (Wildman–Crippen LogP) is 5.01. The molecule has 7 heteroatoms. The maximum Gasteiger partial charge on any atom is 0.308 e. The highest BCUT2D eigenvalue weighted by Crippen LogP contribution is 2.32. The Morgan fingerprint density at radius 1 is 1.17 bits per heavy atom. The normalized spacial score (nSPS) is 15.0. The van der Waals surface area contributed by atoms with Crippen molar-refractivity contribution in [2.45, 2.75) is 44.9 Å². The molecule has 0 aliphatic heterocycles. The number of hydrogen-bond donors (Lipinski definition) is 0. The molecule has 0 spiro atoms. The number of benzene rings is 2. The molecule has 1 aromatic heterocycles. The van der Waals surface area contributed by atoms with E-state index in [0.29, 0.717) is 16.7 Å². The van der Waals surface area contributed by atoms with Crippen molar-refractivity contribution in [2.75, 3.05) is 0 Å². The van der Waals surface area contributed by atoms with Gasteiger partial charge in [0, 0.05) is 17.3 Å². The molecule has 1 heterocycles. The summed E-state index contributed by atoms with van der Waals surface area (Å²) in [4.78, 5) is 29.2.